The predicted octanol–water partition coefficient (Wildman–Crippen LogP) is 5.09. The first-order valence-corrected chi connectivity index (χ1v) is 10.1. The van der Waals surface area contributed by atoms with Gasteiger partial charge in [0.05, 0.1) is 28.7 Å². The van der Waals surface area contributed by atoms with Gasteiger partial charge >= 0.3 is 6.18 Å². The quantitative estimate of drug-likeness (QED) is 0.478. The van der Waals surface area contributed by atoms with E-state index in [1.807, 2.05) is 30.3 Å². The molecule has 31 heavy (non-hydrogen) atoms. The normalized spacial score (nSPS) is 11.6. The van der Waals surface area contributed by atoms with Crippen LogP contribution in [-0.4, -0.2) is 15.5 Å². The van der Waals surface area contributed by atoms with Crippen molar-refractivity contribution < 1.29 is 18.0 Å². The molecule has 0 unspecified atom stereocenters. The van der Waals surface area contributed by atoms with Gasteiger partial charge in [-0.3, -0.25) is 14.2 Å². The topological polar surface area (TPSA) is 64.0 Å². The summed E-state index contributed by atoms with van der Waals surface area (Å²) in [5, 5.41) is 2.81. The highest BCUT2D eigenvalue weighted by atomic mass is 32.1. The number of aryl methyl sites for hydroxylation is 1. The summed E-state index contributed by atoms with van der Waals surface area (Å²) in [6.07, 6.45) is -3.08. The molecule has 0 saturated heterocycles. The Kier molecular flexibility index (Phi) is 5.36. The number of aromatic nitrogens is 2. The number of amides is 1. The molecule has 9 heteroatoms. The molecule has 1 N–H and O–H groups in total. The van der Waals surface area contributed by atoms with E-state index in [1.54, 1.807) is 6.92 Å². The lowest BCUT2D eigenvalue weighted by atomic mass is 10.1. The SMILES string of the molecule is Cc1c(C(=O)Nc2cccc(C(F)(F)F)c2)sc2ncn(Cc3ccccc3)c(=O)c12. The average molecular weight is 443 g/mol. The Balaban J connectivity index is 1.66. The highest BCUT2D eigenvalue weighted by molar-refractivity contribution is 7.20. The largest absolute Gasteiger partial charge is 0.416 e. The molecule has 2 aromatic heterocycles. The van der Waals surface area contributed by atoms with Crippen LogP contribution in [0.2, 0.25) is 0 Å². The summed E-state index contributed by atoms with van der Waals surface area (Å²) < 4.78 is 40.2. The van der Waals surface area contributed by atoms with Crippen LogP contribution in [-0.2, 0) is 12.7 Å². The fourth-order valence-corrected chi connectivity index (χ4v) is 4.26. The zero-order chi connectivity index (χ0) is 22.2. The van der Waals surface area contributed by atoms with E-state index in [0.717, 1.165) is 29.0 Å². The summed E-state index contributed by atoms with van der Waals surface area (Å²) in [7, 11) is 0. The van der Waals surface area contributed by atoms with Gasteiger partial charge in [0.25, 0.3) is 11.5 Å². The molecule has 0 spiro atoms. The van der Waals surface area contributed by atoms with Crippen molar-refractivity contribution in [3.8, 4) is 0 Å². The van der Waals surface area contributed by atoms with Crippen molar-refractivity contribution in [3.63, 3.8) is 0 Å². The first-order chi connectivity index (χ1) is 14.7. The molecular weight excluding hydrogens is 427 g/mol. The van der Waals surface area contributed by atoms with Gasteiger partial charge in [0.15, 0.2) is 0 Å². The number of fused-ring (bicyclic) bond motifs is 1. The Bertz CT molecular complexity index is 1330. The number of hydrogen-bond donors (Lipinski definition) is 1. The van der Waals surface area contributed by atoms with Gasteiger partial charge in [-0.25, -0.2) is 4.98 Å². The highest BCUT2D eigenvalue weighted by Gasteiger charge is 2.30. The number of hydrogen-bond acceptors (Lipinski definition) is 4. The molecule has 4 rings (SSSR count). The van der Waals surface area contributed by atoms with E-state index in [1.165, 1.54) is 23.0 Å². The molecule has 0 atom stereocenters. The third kappa shape index (κ3) is 4.22. The maximum Gasteiger partial charge on any atom is 0.416 e. The molecule has 0 aliphatic carbocycles. The van der Waals surface area contributed by atoms with Crippen LogP contribution >= 0.6 is 11.3 Å². The fraction of sp³-hybridized carbons (Fsp3) is 0.136. The molecule has 5 nitrogen and oxygen atoms in total. The van der Waals surface area contributed by atoms with Crippen LogP contribution in [0.5, 0.6) is 0 Å². The monoisotopic (exact) mass is 443 g/mol. The van der Waals surface area contributed by atoms with E-state index in [2.05, 4.69) is 10.3 Å². The highest BCUT2D eigenvalue weighted by Crippen LogP contribution is 2.32. The molecule has 2 heterocycles. The van der Waals surface area contributed by atoms with E-state index in [9.17, 15) is 22.8 Å². The molecule has 4 aromatic rings. The Morgan fingerprint density at radius 3 is 2.58 bits per heavy atom. The zero-order valence-corrected chi connectivity index (χ0v) is 17.1. The summed E-state index contributed by atoms with van der Waals surface area (Å²) in [5.74, 6) is -0.589. The van der Waals surface area contributed by atoms with Gasteiger partial charge in [-0.2, -0.15) is 13.2 Å². The summed E-state index contributed by atoms with van der Waals surface area (Å²) in [6, 6.07) is 13.8. The van der Waals surface area contributed by atoms with Crippen molar-refractivity contribution in [2.24, 2.45) is 0 Å². The van der Waals surface area contributed by atoms with E-state index in [0.29, 0.717) is 22.3 Å². The van der Waals surface area contributed by atoms with Crippen LogP contribution in [0, 0.1) is 6.92 Å². The predicted molar refractivity (Wildman–Crippen MR) is 114 cm³/mol. The number of carbonyl (C=O) groups is 1. The van der Waals surface area contributed by atoms with Crippen molar-refractivity contribution in [2.75, 3.05) is 5.32 Å². The van der Waals surface area contributed by atoms with Gasteiger partial charge in [0, 0.05) is 5.69 Å². The second-order valence-corrected chi connectivity index (χ2v) is 7.93. The van der Waals surface area contributed by atoms with Crippen LogP contribution < -0.4 is 10.9 Å². The van der Waals surface area contributed by atoms with Gasteiger partial charge < -0.3 is 5.32 Å². The third-order valence-electron chi connectivity index (χ3n) is 4.77. The molecule has 0 aliphatic rings. The molecule has 0 fully saturated rings. The van der Waals surface area contributed by atoms with Crippen molar-refractivity contribution in [3.05, 3.63) is 92.8 Å². The maximum absolute atomic E-state index is 13.0. The van der Waals surface area contributed by atoms with Gasteiger partial charge in [-0.05, 0) is 36.2 Å². The van der Waals surface area contributed by atoms with E-state index in [4.69, 9.17) is 0 Å². The van der Waals surface area contributed by atoms with Crippen LogP contribution in [0.15, 0.2) is 65.7 Å². The minimum Gasteiger partial charge on any atom is -0.321 e. The Hall–Kier alpha value is -3.46. The van der Waals surface area contributed by atoms with Gasteiger partial charge in [-0.1, -0.05) is 36.4 Å². The Labute approximate surface area is 178 Å². The van der Waals surface area contributed by atoms with Gasteiger partial charge in [-0.15, -0.1) is 11.3 Å². The molecule has 0 aliphatic heterocycles. The van der Waals surface area contributed by atoms with Crippen LogP contribution in [0.25, 0.3) is 10.2 Å². The van der Waals surface area contributed by atoms with Crippen molar-refractivity contribution in [2.45, 2.75) is 19.6 Å². The minimum absolute atomic E-state index is 0.0196. The number of rotatable bonds is 4. The summed E-state index contributed by atoms with van der Waals surface area (Å²) in [6.45, 7) is 1.97. The number of alkyl halides is 3. The zero-order valence-electron chi connectivity index (χ0n) is 16.2. The summed E-state index contributed by atoms with van der Waals surface area (Å²) >= 11 is 1.03. The van der Waals surface area contributed by atoms with E-state index in [-0.39, 0.29) is 16.1 Å². The smallest absolute Gasteiger partial charge is 0.321 e. The first-order valence-electron chi connectivity index (χ1n) is 9.25. The second kappa shape index (κ2) is 7.99. The lowest BCUT2D eigenvalue weighted by Gasteiger charge is -2.09. The van der Waals surface area contributed by atoms with E-state index < -0.39 is 17.6 Å². The Morgan fingerprint density at radius 1 is 1.13 bits per heavy atom. The van der Waals surface area contributed by atoms with E-state index >= 15 is 0 Å². The number of benzene rings is 2. The Morgan fingerprint density at radius 2 is 1.87 bits per heavy atom. The number of thiophene rings is 1. The van der Waals surface area contributed by atoms with Crippen molar-refractivity contribution in [1.82, 2.24) is 9.55 Å². The number of halogens is 3. The average Bonchev–Trinajstić information content (AvgIpc) is 3.08. The lowest BCUT2D eigenvalue weighted by Crippen LogP contribution is -2.21. The van der Waals surface area contributed by atoms with Crippen LogP contribution in [0.1, 0.15) is 26.4 Å². The lowest BCUT2D eigenvalue weighted by molar-refractivity contribution is -0.137. The number of anilines is 1. The third-order valence-corrected chi connectivity index (χ3v) is 5.97. The standard InChI is InChI=1S/C22H16F3N3O2S/c1-13-17-20(26-12-28(21(17)30)11-14-6-3-2-4-7-14)31-18(13)19(29)27-16-9-5-8-15(10-16)22(23,24)25/h2-10,12H,11H2,1H3,(H,27,29). The maximum atomic E-state index is 13.0. The fourth-order valence-electron chi connectivity index (χ4n) is 3.23. The molecule has 2 aromatic carbocycles. The first kappa shape index (κ1) is 20.8. The van der Waals surface area contributed by atoms with Crippen molar-refractivity contribution in [1.29, 1.82) is 0 Å². The molecule has 0 saturated carbocycles. The summed E-state index contributed by atoms with van der Waals surface area (Å²) in [4.78, 5) is 30.7. The molecule has 158 valence electrons. The molecule has 0 radical (unpaired) electrons. The number of nitrogens with zero attached hydrogens (tertiary/aromatic N) is 2. The van der Waals surface area contributed by atoms with Crippen LogP contribution in [0.3, 0.4) is 0 Å². The number of nitrogens with one attached hydrogen (secondary N) is 1. The van der Waals surface area contributed by atoms with Crippen LogP contribution in [0.4, 0.5) is 18.9 Å². The molecular formula is C22H16F3N3O2S. The van der Waals surface area contributed by atoms with Gasteiger partial charge in [0.2, 0.25) is 0 Å². The van der Waals surface area contributed by atoms with Crippen molar-refractivity contribution >= 4 is 33.1 Å². The summed E-state index contributed by atoms with van der Waals surface area (Å²) in [5.41, 5.74) is 0.265. The second-order valence-electron chi connectivity index (χ2n) is 6.93. The minimum atomic E-state index is -4.51. The van der Waals surface area contributed by atoms with Gasteiger partial charge in [0.1, 0.15) is 4.83 Å². The molecule has 0 bridgehead atoms. The molecule has 1 amide bonds. The number of carbonyl (C=O) groups excluding carboxylic acids is 1.